The largest absolute Gasteiger partial charge is 0.450 e. The number of hydrogen-bond acceptors (Lipinski definition) is 3. The summed E-state index contributed by atoms with van der Waals surface area (Å²) < 4.78 is 5.04. The van der Waals surface area contributed by atoms with Gasteiger partial charge >= 0.3 is 6.09 Å². The van der Waals surface area contributed by atoms with Crippen LogP contribution in [0.3, 0.4) is 0 Å². The SMILES string of the molecule is C=CCNC1CC2(CCN(C(=O)OCC)C2)C1. The first-order valence-electron chi connectivity index (χ1n) is 6.45. The molecule has 0 aromatic rings. The summed E-state index contributed by atoms with van der Waals surface area (Å²) >= 11 is 0. The summed E-state index contributed by atoms with van der Waals surface area (Å²) in [5, 5.41) is 3.44. The Morgan fingerprint density at radius 2 is 2.41 bits per heavy atom. The van der Waals surface area contributed by atoms with Crippen LogP contribution in [0.5, 0.6) is 0 Å². The molecule has 0 bridgehead atoms. The molecule has 1 aliphatic heterocycles. The molecule has 4 nitrogen and oxygen atoms in total. The molecule has 4 heteroatoms. The fourth-order valence-corrected chi connectivity index (χ4v) is 3.02. The van der Waals surface area contributed by atoms with Crippen LogP contribution in [0.1, 0.15) is 26.2 Å². The summed E-state index contributed by atoms with van der Waals surface area (Å²) in [4.78, 5) is 13.5. The molecule has 0 aromatic carbocycles. The maximum absolute atomic E-state index is 11.6. The Morgan fingerprint density at radius 1 is 1.65 bits per heavy atom. The maximum Gasteiger partial charge on any atom is 0.409 e. The summed E-state index contributed by atoms with van der Waals surface area (Å²) in [5.74, 6) is 0. The van der Waals surface area contributed by atoms with Crippen molar-refractivity contribution in [2.75, 3.05) is 26.2 Å². The van der Waals surface area contributed by atoms with E-state index in [9.17, 15) is 4.79 Å². The molecule has 2 fully saturated rings. The van der Waals surface area contributed by atoms with Crippen LogP contribution < -0.4 is 5.32 Å². The third kappa shape index (κ3) is 2.63. The molecule has 1 amide bonds. The van der Waals surface area contributed by atoms with E-state index < -0.39 is 0 Å². The Labute approximate surface area is 103 Å². The quantitative estimate of drug-likeness (QED) is 0.759. The van der Waals surface area contributed by atoms with Crippen molar-refractivity contribution in [3.63, 3.8) is 0 Å². The van der Waals surface area contributed by atoms with E-state index in [0.29, 0.717) is 18.1 Å². The van der Waals surface area contributed by atoms with E-state index in [1.807, 2.05) is 17.9 Å². The van der Waals surface area contributed by atoms with Crippen LogP contribution in [0, 0.1) is 5.41 Å². The zero-order valence-electron chi connectivity index (χ0n) is 10.6. The lowest BCUT2D eigenvalue weighted by molar-refractivity contribution is 0.0780. The third-order valence-electron chi connectivity index (χ3n) is 3.87. The van der Waals surface area contributed by atoms with Gasteiger partial charge in [-0.2, -0.15) is 0 Å². The minimum absolute atomic E-state index is 0.146. The normalized spacial score (nSPS) is 31.4. The van der Waals surface area contributed by atoms with Crippen molar-refractivity contribution in [1.82, 2.24) is 10.2 Å². The number of ether oxygens (including phenoxy) is 1. The summed E-state index contributed by atoms with van der Waals surface area (Å²) in [6, 6.07) is 0.607. The number of hydrogen-bond donors (Lipinski definition) is 1. The van der Waals surface area contributed by atoms with Gasteiger partial charge in [0.05, 0.1) is 6.61 Å². The molecule has 1 spiro atoms. The lowest BCUT2D eigenvalue weighted by atomic mass is 9.65. The molecule has 1 N–H and O–H groups in total. The predicted molar refractivity (Wildman–Crippen MR) is 66.9 cm³/mol. The van der Waals surface area contributed by atoms with E-state index >= 15 is 0 Å². The van der Waals surface area contributed by atoms with E-state index in [-0.39, 0.29) is 6.09 Å². The second kappa shape index (κ2) is 5.08. The van der Waals surface area contributed by atoms with Gasteiger partial charge in [0.1, 0.15) is 0 Å². The molecule has 2 rings (SSSR count). The summed E-state index contributed by atoms with van der Waals surface area (Å²) in [7, 11) is 0. The first-order valence-corrected chi connectivity index (χ1v) is 6.45. The van der Waals surface area contributed by atoms with Gasteiger partial charge in [-0.3, -0.25) is 0 Å². The molecule has 0 radical (unpaired) electrons. The van der Waals surface area contributed by atoms with Gasteiger partial charge in [0, 0.05) is 25.7 Å². The van der Waals surface area contributed by atoms with Gasteiger partial charge in [0.15, 0.2) is 0 Å². The average Bonchev–Trinajstić information content (AvgIpc) is 2.70. The van der Waals surface area contributed by atoms with Crippen molar-refractivity contribution >= 4 is 6.09 Å². The van der Waals surface area contributed by atoms with Crippen LogP contribution in [-0.2, 0) is 4.74 Å². The van der Waals surface area contributed by atoms with Crippen molar-refractivity contribution in [3.8, 4) is 0 Å². The number of rotatable bonds is 4. The number of carbonyl (C=O) groups excluding carboxylic acids is 1. The smallest absolute Gasteiger partial charge is 0.409 e. The molecule has 0 unspecified atom stereocenters. The number of nitrogens with zero attached hydrogens (tertiary/aromatic N) is 1. The molecule has 17 heavy (non-hydrogen) atoms. The molecular formula is C13H22N2O2. The van der Waals surface area contributed by atoms with E-state index in [1.54, 1.807) is 0 Å². The minimum atomic E-state index is -0.146. The first kappa shape index (κ1) is 12.4. The number of likely N-dealkylation sites (tertiary alicyclic amines) is 1. The van der Waals surface area contributed by atoms with Crippen LogP contribution in [0.2, 0.25) is 0 Å². The number of nitrogens with one attached hydrogen (secondary N) is 1. The van der Waals surface area contributed by atoms with Crippen LogP contribution >= 0.6 is 0 Å². The van der Waals surface area contributed by atoms with Crippen LogP contribution in [-0.4, -0.2) is 43.3 Å². The van der Waals surface area contributed by atoms with Crippen molar-refractivity contribution in [2.24, 2.45) is 5.41 Å². The van der Waals surface area contributed by atoms with E-state index in [2.05, 4.69) is 11.9 Å². The fourth-order valence-electron chi connectivity index (χ4n) is 3.02. The van der Waals surface area contributed by atoms with E-state index in [0.717, 1.165) is 26.1 Å². The molecule has 0 aromatic heterocycles. The zero-order chi connectivity index (χ0) is 12.3. The monoisotopic (exact) mass is 238 g/mol. The van der Waals surface area contributed by atoms with Gasteiger partial charge < -0.3 is 15.0 Å². The lowest BCUT2D eigenvalue weighted by Gasteiger charge is -2.45. The molecule has 1 heterocycles. The highest BCUT2D eigenvalue weighted by atomic mass is 16.6. The summed E-state index contributed by atoms with van der Waals surface area (Å²) in [6.07, 6.45) is 5.22. The van der Waals surface area contributed by atoms with Crippen molar-refractivity contribution in [2.45, 2.75) is 32.2 Å². The van der Waals surface area contributed by atoms with Crippen molar-refractivity contribution in [3.05, 3.63) is 12.7 Å². The Hall–Kier alpha value is -1.03. The third-order valence-corrected chi connectivity index (χ3v) is 3.87. The van der Waals surface area contributed by atoms with Crippen LogP contribution in [0.25, 0.3) is 0 Å². The fraction of sp³-hybridized carbons (Fsp3) is 0.769. The minimum Gasteiger partial charge on any atom is -0.450 e. The van der Waals surface area contributed by atoms with Gasteiger partial charge in [-0.15, -0.1) is 6.58 Å². The maximum atomic E-state index is 11.6. The van der Waals surface area contributed by atoms with Crippen LogP contribution in [0.15, 0.2) is 12.7 Å². The highest BCUT2D eigenvalue weighted by Gasteiger charge is 2.49. The Morgan fingerprint density at radius 3 is 3.06 bits per heavy atom. The molecular weight excluding hydrogens is 216 g/mol. The number of carbonyl (C=O) groups is 1. The van der Waals surface area contributed by atoms with Gasteiger partial charge in [0.2, 0.25) is 0 Å². The summed E-state index contributed by atoms with van der Waals surface area (Å²) in [6.45, 7) is 8.62. The highest BCUT2D eigenvalue weighted by molar-refractivity contribution is 5.68. The topological polar surface area (TPSA) is 41.6 Å². The van der Waals surface area contributed by atoms with Crippen molar-refractivity contribution in [1.29, 1.82) is 0 Å². The predicted octanol–water partition coefficient (Wildman–Crippen LogP) is 1.77. The molecule has 96 valence electrons. The van der Waals surface area contributed by atoms with Gasteiger partial charge in [-0.05, 0) is 31.6 Å². The zero-order valence-corrected chi connectivity index (χ0v) is 10.6. The highest BCUT2D eigenvalue weighted by Crippen LogP contribution is 2.48. The first-order chi connectivity index (χ1) is 8.19. The molecule has 1 aliphatic carbocycles. The molecule has 1 saturated carbocycles. The Balaban J connectivity index is 1.76. The van der Waals surface area contributed by atoms with E-state index in [4.69, 9.17) is 4.74 Å². The second-order valence-corrected chi connectivity index (χ2v) is 5.17. The van der Waals surface area contributed by atoms with Gasteiger partial charge in [0.25, 0.3) is 0 Å². The molecule has 1 saturated heterocycles. The number of amides is 1. The Bertz CT molecular complexity index is 298. The van der Waals surface area contributed by atoms with Crippen LogP contribution in [0.4, 0.5) is 4.79 Å². The standard InChI is InChI=1S/C13H22N2O2/c1-3-6-14-11-8-13(9-11)5-7-15(10-13)12(16)17-4-2/h3,11,14H,1,4-10H2,2H3. The average molecular weight is 238 g/mol. The molecule has 2 aliphatic rings. The van der Waals surface area contributed by atoms with E-state index in [1.165, 1.54) is 12.8 Å². The Kier molecular flexibility index (Phi) is 3.72. The molecule has 0 atom stereocenters. The van der Waals surface area contributed by atoms with Gasteiger partial charge in [-0.25, -0.2) is 4.79 Å². The second-order valence-electron chi connectivity index (χ2n) is 5.17. The van der Waals surface area contributed by atoms with Gasteiger partial charge in [-0.1, -0.05) is 6.08 Å². The van der Waals surface area contributed by atoms with Crippen molar-refractivity contribution < 1.29 is 9.53 Å². The summed E-state index contributed by atoms with van der Waals surface area (Å²) in [5.41, 5.74) is 0.367. The lowest BCUT2D eigenvalue weighted by Crippen LogP contribution is -2.50.